The third kappa shape index (κ3) is 3.40. The van der Waals surface area contributed by atoms with Crippen molar-refractivity contribution in [3.63, 3.8) is 0 Å². The summed E-state index contributed by atoms with van der Waals surface area (Å²) in [6.45, 7) is 6.20. The van der Waals surface area contributed by atoms with E-state index in [2.05, 4.69) is 25.2 Å². The second-order valence-corrected chi connectivity index (χ2v) is 5.99. The van der Waals surface area contributed by atoms with Gasteiger partial charge in [0.05, 0.1) is 6.04 Å². The first-order valence-electron chi connectivity index (χ1n) is 7.50. The monoisotopic (exact) mass is 265 g/mol. The van der Waals surface area contributed by atoms with Crippen LogP contribution in [-0.2, 0) is 11.3 Å². The number of furan rings is 1. The SMILES string of the molecule is CCCNC(c1ccc(COC)o1)C1(C)CCCC1. The van der Waals surface area contributed by atoms with E-state index in [9.17, 15) is 0 Å². The molecule has 0 radical (unpaired) electrons. The lowest BCUT2D eigenvalue weighted by atomic mass is 9.79. The van der Waals surface area contributed by atoms with Gasteiger partial charge in [0.2, 0.25) is 0 Å². The van der Waals surface area contributed by atoms with Crippen LogP contribution in [0.3, 0.4) is 0 Å². The van der Waals surface area contributed by atoms with Crippen molar-refractivity contribution >= 4 is 0 Å². The van der Waals surface area contributed by atoms with Crippen LogP contribution in [0.1, 0.15) is 63.5 Å². The van der Waals surface area contributed by atoms with Gasteiger partial charge in [0.15, 0.2) is 0 Å². The molecule has 1 N–H and O–H groups in total. The average Bonchev–Trinajstić information content (AvgIpc) is 3.01. The third-order valence-electron chi connectivity index (χ3n) is 4.29. The molecule has 1 heterocycles. The van der Waals surface area contributed by atoms with Gasteiger partial charge in [-0.2, -0.15) is 0 Å². The van der Waals surface area contributed by atoms with Crippen molar-refractivity contribution in [1.82, 2.24) is 5.32 Å². The number of hydrogen-bond donors (Lipinski definition) is 1. The zero-order valence-electron chi connectivity index (χ0n) is 12.5. The van der Waals surface area contributed by atoms with E-state index in [1.54, 1.807) is 7.11 Å². The number of methoxy groups -OCH3 is 1. The Balaban J connectivity index is 2.15. The summed E-state index contributed by atoms with van der Waals surface area (Å²) in [5.74, 6) is 1.99. The summed E-state index contributed by atoms with van der Waals surface area (Å²) < 4.78 is 11.1. The van der Waals surface area contributed by atoms with E-state index in [0.717, 1.165) is 24.5 Å². The molecule has 2 rings (SSSR count). The molecule has 19 heavy (non-hydrogen) atoms. The molecular weight excluding hydrogens is 238 g/mol. The van der Waals surface area contributed by atoms with E-state index in [1.165, 1.54) is 25.7 Å². The summed E-state index contributed by atoms with van der Waals surface area (Å²) in [6, 6.07) is 4.49. The van der Waals surface area contributed by atoms with Crippen molar-refractivity contribution in [2.75, 3.05) is 13.7 Å². The second-order valence-electron chi connectivity index (χ2n) is 5.99. The number of rotatable bonds is 7. The molecule has 1 saturated carbocycles. The van der Waals surface area contributed by atoms with Crippen molar-refractivity contribution in [1.29, 1.82) is 0 Å². The first-order chi connectivity index (χ1) is 9.19. The zero-order valence-corrected chi connectivity index (χ0v) is 12.5. The topological polar surface area (TPSA) is 34.4 Å². The Kier molecular flexibility index (Phi) is 5.06. The molecule has 1 aliphatic rings. The number of hydrogen-bond acceptors (Lipinski definition) is 3. The van der Waals surface area contributed by atoms with Crippen LogP contribution in [0.25, 0.3) is 0 Å². The van der Waals surface area contributed by atoms with Crippen molar-refractivity contribution in [2.45, 2.75) is 58.6 Å². The van der Waals surface area contributed by atoms with Crippen LogP contribution in [0.15, 0.2) is 16.5 Å². The van der Waals surface area contributed by atoms with Crippen molar-refractivity contribution in [3.8, 4) is 0 Å². The Bertz CT molecular complexity index is 380. The molecule has 1 aromatic heterocycles. The molecule has 1 atom stereocenters. The minimum atomic E-state index is 0.331. The summed E-state index contributed by atoms with van der Waals surface area (Å²) >= 11 is 0. The van der Waals surface area contributed by atoms with Gasteiger partial charge >= 0.3 is 0 Å². The number of nitrogens with one attached hydrogen (secondary N) is 1. The maximum absolute atomic E-state index is 5.97. The predicted octanol–water partition coefficient (Wildman–Crippen LogP) is 4.05. The van der Waals surface area contributed by atoms with Crippen molar-refractivity contribution in [3.05, 3.63) is 23.7 Å². The normalized spacial score (nSPS) is 19.7. The Morgan fingerprint density at radius 1 is 1.37 bits per heavy atom. The van der Waals surface area contributed by atoms with Crippen LogP contribution >= 0.6 is 0 Å². The minimum absolute atomic E-state index is 0.331. The molecule has 3 heteroatoms. The van der Waals surface area contributed by atoms with E-state index in [4.69, 9.17) is 9.15 Å². The minimum Gasteiger partial charge on any atom is -0.462 e. The van der Waals surface area contributed by atoms with Crippen LogP contribution in [0.5, 0.6) is 0 Å². The van der Waals surface area contributed by atoms with E-state index in [-0.39, 0.29) is 0 Å². The van der Waals surface area contributed by atoms with Gasteiger partial charge in [0.1, 0.15) is 18.1 Å². The molecule has 108 valence electrons. The molecule has 0 amide bonds. The Labute approximate surface area is 116 Å². The van der Waals surface area contributed by atoms with Gasteiger partial charge in [-0.3, -0.25) is 0 Å². The van der Waals surface area contributed by atoms with Gasteiger partial charge in [0, 0.05) is 7.11 Å². The Morgan fingerprint density at radius 3 is 2.74 bits per heavy atom. The molecule has 0 bridgehead atoms. The van der Waals surface area contributed by atoms with Gasteiger partial charge in [-0.05, 0) is 43.4 Å². The standard InChI is InChI=1S/C16H27NO2/c1-4-11-17-15(16(2)9-5-6-10-16)14-8-7-13(19-14)12-18-3/h7-8,15,17H,4-6,9-12H2,1-3H3. The van der Waals surface area contributed by atoms with Crippen LogP contribution in [-0.4, -0.2) is 13.7 Å². The summed E-state index contributed by atoms with van der Waals surface area (Å²) in [7, 11) is 1.70. The molecular formula is C16H27NO2. The molecule has 1 unspecified atom stereocenters. The van der Waals surface area contributed by atoms with E-state index in [0.29, 0.717) is 18.1 Å². The highest BCUT2D eigenvalue weighted by Gasteiger charge is 2.39. The average molecular weight is 265 g/mol. The van der Waals surface area contributed by atoms with Crippen LogP contribution in [0, 0.1) is 5.41 Å². The molecule has 1 aliphatic carbocycles. The molecule has 0 spiro atoms. The summed E-state index contributed by atoms with van der Waals surface area (Å²) in [5, 5.41) is 3.69. The predicted molar refractivity (Wildman–Crippen MR) is 77.0 cm³/mol. The molecule has 3 nitrogen and oxygen atoms in total. The largest absolute Gasteiger partial charge is 0.462 e. The first-order valence-corrected chi connectivity index (χ1v) is 7.50. The zero-order chi connectivity index (χ0) is 13.7. The smallest absolute Gasteiger partial charge is 0.129 e. The fraction of sp³-hybridized carbons (Fsp3) is 0.750. The van der Waals surface area contributed by atoms with Gasteiger partial charge in [-0.25, -0.2) is 0 Å². The lowest BCUT2D eigenvalue weighted by molar-refractivity contribution is 0.151. The van der Waals surface area contributed by atoms with E-state index in [1.807, 2.05) is 6.07 Å². The lowest BCUT2D eigenvalue weighted by Crippen LogP contribution is -2.34. The highest BCUT2D eigenvalue weighted by atomic mass is 16.5. The summed E-state index contributed by atoms with van der Waals surface area (Å²) in [4.78, 5) is 0. The Morgan fingerprint density at radius 2 is 2.11 bits per heavy atom. The molecule has 1 aromatic rings. The molecule has 1 fully saturated rings. The summed E-state index contributed by atoms with van der Waals surface area (Å²) in [6.07, 6.45) is 6.40. The van der Waals surface area contributed by atoms with E-state index >= 15 is 0 Å². The highest BCUT2D eigenvalue weighted by molar-refractivity contribution is 5.14. The van der Waals surface area contributed by atoms with Gasteiger partial charge in [-0.1, -0.05) is 26.7 Å². The maximum atomic E-state index is 5.97. The van der Waals surface area contributed by atoms with Gasteiger partial charge < -0.3 is 14.5 Å². The fourth-order valence-corrected chi connectivity index (χ4v) is 3.22. The van der Waals surface area contributed by atoms with Crippen molar-refractivity contribution < 1.29 is 9.15 Å². The maximum Gasteiger partial charge on any atom is 0.129 e. The van der Waals surface area contributed by atoms with E-state index < -0.39 is 0 Å². The van der Waals surface area contributed by atoms with Crippen molar-refractivity contribution in [2.24, 2.45) is 5.41 Å². The quantitative estimate of drug-likeness (QED) is 0.807. The third-order valence-corrected chi connectivity index (χ3v) is 4.29. The molecule has 0 aromatic carbocycles. The van der Waals surface area contributed by atoms with Gasteiger partial charge in [-0.15, -0.1) is 0 Å². The van der Waals surface area contributed by atoms with Gasteiger partial charge in [0.25, 0.3) is 0 Å². The fourth-order valence-electron chi connectivity index (χ4n) is 3.22. The first kappa shape index (κ1) is 14.6. The summed E-state index contributed by atoms with van der Waals surface area (Å²) in [5.41, 5.74) is 0.331. The van der Waals surface area contributed by atoms with Crippen LogP contribution < -0.4 is 5.32 Å². The van der Waals surface area contributed by atoms with Crippen LogP contribution in [0.2, 0.25) is 0 Å². The molecule has 0 aliphatic heterocycles. The Hall–Kier alpha value is -0.800. The highest BCUT2D eigenvalue weighted by Crippen LogP contribution is 2.47. The molecule has 0 saturated heterocycles. The lowest BCUT2D eigenvalue weighted by Gasteiger charge is -2.33. The second kappa shape index (κ2) is 6.58. The van der Waals surface area contributed by atoms with Crippen LogP contribution in [0.4, 0.5) is 0 Å². The number of ether oxygens (including phenoxy) is 1.